The van der Waals surface area contributed by atoms with Crippen molar-refractivity contribution in [2.45, 2.75) is 26.1 Å². The van der Waals surface area contributed by atoms with Gasteiger partial charge in [0.15, 0.2) is 0 Å². The number of fused-ring (bicyclic) bond motifs is 1. The van der Waals surface area contributed by atoms with Crippen LogP contribution in [0.5, 0.6) is 0 Å². The minimum Gasteiger partial charge on any atom is -0.374 e. The molecule has 1 atom stereocenters. The van der Waals surface area contributed by atoms with Crippen LogP contribution in [0.3, 0.4) is 0 Å². The zero-order valence-corrected chi connectivity index (χ0v) is 12.2. The molecule has 0 radical (unpaired) electrons. The quantitative estimate of drug-likeness (QED) is 0.911. The van der Waals surface area contributed by atoms with Crippen molar-refractivity contribution >= 4 is 33.1 Å². The molecule has 8 heteroatoms. The predicted molar refractivity (Wildman–Crippen MR) is 76.5 cm³/mol. The molecule has 0 bridgehead atoms. The largest absolute Gasteiger partial charge is 0.405 e. The van der Waals surface area contributed by atoms with E-state index in [1.165, 1.54) is 18.3 Å². The minimum atomic E-state index is -4.41. The standard InChI is InChI=1S/C13H14F3N3OS/c1-7(12(20)17-6-13(14,15)16)18-9-3-4-10-11(5-9)21-8(2)19-10/h3-5,7,18H,6H2,1-2H3,(H,17,20). The summed E-state index contributed by atoms with van der Waals surface area (Å²) in [7, 11) is 0. The van der Waals surface area contributed by atoms with E-state index in [-0.39, 0.29) is 0 Å². The lowest BCUT2D eigenvalue weighted by Crippen LogP contribution is -2.42. The SMILES string of the molecule is Cc1nc2ccc(NC(C)C(=O)NCC(F)(F)F)cc2s1. The molecule has 0 spiro atoms. The van der Waals surface area contributed by atoms with Gasteiger partial charge < -0.3 is 10.6 Å². The number of benzene rings is 1. The van der Waals surface area contributed by atoms with E-state index in [2.05, 4.69) is 10.3 Å². The first-order valence-electron chi connectivity index (χ1n) is 6.23. The summed E-state index contributed by atoms with van der Waals surface area (Å²) in [5.74, 6) is -0.701. The van der Waals surface area contributed by atoms with Crippen LogP contribution in [0, 0.1) is 6.92 Å². The normalized spacial score (nSPS) is 13.2. The van der Waals surface area contributed by atoms with Crippen LogP contribution in [0.4, 0.5) is 18.9 Å². The molecule has 0 aliphatic rings. The van der Waals surface area contributed by atoms with Gasteiger partial charge in [-0.3, -0.25) is 4.79 Å². The first-order valence-corrected chi connectivity index (χ1v) is 7.04. The average molecular weight is 317 g/mol. The van der Waals surface area contributed by atoms with Gasteiger partial charge in [-0.1, -0.05) is 0 Å². The fourth-order valence-electron chi connectivity index (χ4n) is 1.79. The number of carbonyl (C=O) groups is 1. The van der Waals surface area contributed by atoms with E-state index < -0.39 is 24.7 Å². The summed E-state index contributed by atoms with van der Waals surface area (Å²) >= 11 is 1.51. The van der Waals surface area contributed by atoms with E-state index >= 15 is 0 Å². The summed E-state index contributed by atoms with van der Waals surface area (Å²) in [4.78, 5) is 15.9. The average Bonchev–Trinajstić information content (AvgIpc) is 2.74. The minimum absolute atomic E-state index is 0.667. The summed E-state index contributed by atoms with van der Waals surface area (Å²) in [6.45, 7) is 2.07. The Bertz CT molecular complexity index is 654. The van der Waals surface area contributed by atoms with E-state index in [9.17, 15) is 18.0 Å². The lowest BCUT2D eigenvalue weighted by Gasteiger charge is -2.16. The van der Waals surface area contributed by atoms with E-state index in [0.29, 0.717) is 5.69 Å². The van der Waals surface area contributed by atoms with Crippen molar-refractivity contribution in [2.75, 3.05) is 11.9 Å². The van der Waals surface area contributed by atoms with Gasteiger partial charge in [-0.2, -0.15) is 13.2 Å². The molecule has 21 heavy (non-hydrogen) atoms. The molecule has 1 unspecified atom stereocenters. The number of aromatic nitrogens is 1. The number of rotatable bonds is 4. The number of halogens is 3. The second-order valence-electron chi connectivity index (χ2n) is 4.61. The third-order valence-corrected chi connectivity index (χ3v) is 3.67. The monoisotopic (exact) mass is 317 g/mol. The van der Waals surface area contributed by atoms with Crippen molar-refractivity contribution in [1.82, 2.24) is 10.3 Å². The van der Waals surface area contributed by atoms with Gasteiger partial charge in [0, 0.05) is 5.69 Å². The molecule has 1 amide bonds. The van der Waals surface area contributed by atoms with E-state index in [4.69, 9.17) is 0 Å². The maximum atomic E-state index is 12.0. The number of hydrogen-bond acceptors (Lipinski definition) is 4. The summed E-state index contributed by atoms with van der Waals surface area (Å²) in [5, 5.41) is 5.66. The van der Waals surface area contributed by atoms with Crippen LogP contribution in [0.25, 0.3) is 10.2 Å². The Kier molecular flexibility index (Phi) is 4.36. The molecular weight excluding hydrogens is 303 g/mol. The first-order chi connectivity index (χ1) is 9.74. The molecule has 2 N–H and O–H groups in total. The smallest absolute Gasteiger partial charge is 0.374 e. The zero-order valence-electron chi connectivity index (χ0n) is 11.4. The molecule has 1 heterocycles. The fraction of sp³-hybridized carbons (Fsp3) is 0.385. The Labute approximate surface area is 123 Å². The van der Waals surface area contributed by atoms with Crippen molar-refractivity contribution in [1.29, 1.82) is 0 Å². The summed E-state index contributed by atoms with van der Waals surface area (Å²) in [6.07, 6.45) is -4.41. The molecule has 1 aromatic heterocycles. The van der Waals surface area contributed by atoms with Gasteiger partial charge >= 0.3 is 6.18 Å². The van der Waals surface area contributed by atoms with Gasteiger partial charge in [0.05, 0.1) is 15.2 Å². The Morgan fingerprint density at radius 3 is 2.81 bits per heavy atom. The van der Waals surface area contributed by atoms with Crippen LogP contribution in [-0.4, -0.2) is 29.7 Å². The van der Waals surface area contributed by atoms with Crippen LogP contribution < -0.4 is 10.6 Å². The Morgan fingerprint density at radius 1 is 1.43 bits per heavy atom. The van der Waals surface area contributed by atoms with E-state index in [0.717, 1.165) is 15.2 Å². The van der Waals surface area contributed by atoms with Gasteiger partial charge in [-0.05, 0) is 32.0 Å². The van der Waals surface area contributed by atoms with Crippen molar-refractivity contribution < 1.29 is 18.0 Å². The summed E-state index contributed by atoms with van der Waals surface area (Å²) < 4.78 is 37.1. The Morgan fingerprint density at radius 2 is 2.14 bits per heavy atom. The third-order valence-electron chi connectivity index (χ3n) is 2.73. The van der Waals surface area contributed by atoms with Crippen LogP contribution in [0.15, 0.2) is 18.2 Å². The number of nitrogens with one attached hydrogen (secondary N) is 2. The zero-order chi connectivity index (χ0) is 15.6. The number of alkyl halides is 3. The van der Waals surface area contributed by atoms with Crippen molar-refractivity contribution in [3.05, 3.63) is 23.2 Å². The summed E-state index contributed by atoms with van der Waals surface area (Å²) in [5.41, 5.74) is 1.53. The molecule has 1 aromatic carbocycles. The highest BCUT2D eigenvalue weighted by Gasteiger charge is 2.28. The Hall–Kier alpha value is -1.83. The molecule has 4 nitrogen and oxygen atoms in total. The lowest BCUT2D eigenvalue weighted by molar-refractivity contribution is -0.138. The first kappa shape index (κ1) is 15.6. The van der Waals surface area contributed by atoms with Crippen molar-refractivity contribution in [3.8, 4) is 0 Å². The molecular formula is C13H14F3N3OS. The number of nitrogens with zero attached hydrogens (tertiary/aromatic N) is 1. The van der Waals surface area contributed by atoms with Gasteiger partial charge in [-0.15, -0.1) is 11.3 Å². The number of thiazole rings is 1. The molecule has 0 fully saturated rings. The third kappa shape index (κ3) is 4.32. The second-order valence-corrected chi connectivity index (χ2v) is 5.85. The van der Waals surface area contributed by atoms with Crippen LogP contribution >= 0.6 is 11.3 Å². The van der Waals surface area contributed by atoms with Crippen molar-refractivity contribution in [2.24, 2.45) is 0 Å². The van der Waals surface area contributed by atoms with Crippen LogP contribution in [-0.2, 0) is 4.79 Å². The lowest BCUT2D eigenvalue weighted by atomic mass is 10.2. The Balaban J connectivity index is 2.00. The molecule has 0 aliphatic carbocycles. The highest BCUT2D eigenvalue weighted by molar-refractivity contribution is 7.18. The maximum Gasteiger partial charge on any atom is 0.405 e. The van der Waals surface area contributed by atoms with E-state index in [1.54, 1.807) is 6.07 Å². The van der Waals surface area contributed by atoms with Gasteiger partial charge in [-0.25, -0.2) is 4.98 Å². The van der Waals surface area contributed by atoms with Crippen molar-refractivity contribution in [3.63, 3.8) is 0 Å². The van der Waals surface area contributed by atoms with Gasteiger partial charge in [0.25, 0.3) is 0 Å². The highest BCUT2D eigenvalue weighted by atomic mass is 32.1. The maximum absolute atomic E-state index is 12.0. The van der Waals surface area contributed by atoms with Gasteiger partial charge in [0.2, 0.25) is 5.91 Å². The van der Waals surface area contributed by atoms with E-state index in [1.807, 2.05) is 24.4 Å². The fourth-order valence-corrected chi connectivity index (χ4v) is 2.65. The molecule has 2 rings (SSSR count). The highest BCUT2D eigenvalue weighted by Crippen LogP contribution is 2.25. The van der Waals surface area contributed by atoms with Crippen LogP contribution in [0.1, 0.15) is 11.9 Å². The molecule has 2 aromatic rings. The number of carbonyl (C=O) groups excluding carboxylic acids is 1. The van der Waals surface area contributed by atoms with Crippen LogP contribution in [0.2, 0.25) is 0 Å². The summed E-state index contributed by atoms with van der Waals surface area (Å²) in [6, 6.07) is 4.61. The second kappa shape index (κ2) is 5.88. The predicted octanol–water partition coefficient (Wildman–Crippen LogP) is 3.08. The number of aryl methyl sites for hydroxylation is 1. The number of hydrogen-bond donors (Lipinski definition) is 2. The number of anilines is 1. The number of amides is 1. The molecule has 0 aliphatic heterocycles. The van der Waals surface area contributed by atoms with Gasteiger partial charge in [0.1, 0.15) is 12.6 Å². The molecule has 0 saturated carbocycles. The molecule has 114 valence electrons. The topological polar surface area (TPSA) is 54.0 Å². The molecule has 0 saturated heterocycles.